The molecule has 3 heteroatoms. The van der Waals surface area contributed by atoms with E-state index in [9.17, 15) is 0 Å². The van der Waals surface area contributed by atoms with Crippen molar-refractivity contribution >= 4 is 27.8 Å². The van der Waals surface area contributed by atoms with E-state index in [1.807, 2.05) is 0 Å². The molecule has 0 aromatic heterocycles. The van der Waals surface area contributed by atoms with Crippen LogP contribution in [0.3, 0.4) is 0 Å². The average molecular weight is 500 g/mol. The van der Waals surface area contributed by atoms with E-state index in [2.05, 4.69) is 107 Å². The molecule has 0 N–H and O–H groups in total. The summed E-state index contributed by atoms with van der Waals surface area (Å²) in [5, 5.41) is 2.68. The number of hydrogen-bond acceptors (Lipinski definition) is 0. The van der Waals surface area contributed by atoms with Gasteiger partial charge in [-0.3, -0.25) is 0 Å². The van der Waals surface area contributed by atoms with E-state index in [4.69, 9.17) is 17.0 Å². The van der Waals surface area contributed by atoms with Crippen molar-refractivity contribution in [2.75, 3.05) is 0 Å². The summed E-state index contributed by atoms with van der Waals surface area (Å²) < 4.78 is 0. The summed E-state index contributed by atoms with van der Waals surface area (Å²) in [7, 11) is 9.87. The number of benzene rings is 3. The monoisotopic (exact) mass is 497 g/mol. The molecule has 0 aliphatic carbocycles. The molecule has 0 saturated carbocycles. The molecule has 148 valence electrons. The van der Waals surface area contributed by atoms with Gasteiger partial charge in [0, 0.05) is 0 Å². The molecule has 29 heavy (non-hydrogen) atoms. The van der Waals surface area contributed by atoms with Crippen molar-refractivity contribution < 1.29 is 20.8 Å². The van der Waals surface area contributed by atoms with Crippen LogP contribution in [0.15, 0.2) is 78.9 Å². The van der Waals surface area contributed by atoms with Crippen LogP contribution < -0.4 is 0 Å². The number of rotatable bonds is 2. The summed E-state index contributed by atoms with van der Waals surface area (Å²) in [5.74, 6) is 0. The van der Waals surface area contributed by atoms with E-state index < -0.39 is 20.8 Å². The molecule has 0 heterocycles. The summed E-state index contributed by atoms with van der Waals surface area (Å²) in [5.41, 5.74) is 8.10. The third-order valence-corrected chi connectivity index (χ3v) is 5.26. The van der Waals surface area contributed by atoms with Crippen molar-refractivity contribution in [1.29, 1.82) is 0 Å². The molecule has 0 atom stereocenters. The Bertz CT molecular complexity index is 1090. The quantitative estimate of drug-likeness (QED) is 0.242. The van der Waals surface area contributed by atoms with Crippen LogP contribution >= 0.6 is 17.0 Å². The maximum atomic E-state index is 4.93. The van der Waals surface area contributed by atoms with Crippen molar-refractivity contribution in [2.24, 2.45) is 0 Å². The predicted octanol–water partition coefficient (Wildman–Crippen LogP) is 8.88. The van der Waals surface area contributed by atoms with E-state index >= 15 is 0 Å². The SMILES string of the molecule is Cc1ccccc1-c1c(-c2ccccc2)ccc2[cH-]c(C(C)(C)C)cc12.[Cl][Zr][Cl]. The summed E-state index contributed by atoms with van der Waals surface area (Å²) in [6.07, 6.45) is 0. The van der Waals surface area contributed by atoms with Crippen molar-refractivity contribution in [3.63, 3.8) is 0 Å². The Labute approximate surface area is 192 Å². The van der Waals surface area contributed by atoms with Gasteiger partial charge in [0.05, 0.1) is 0 Å². The van der Waals surface area contributed by atoms with Crippen LogP contribution in [0.25, 0.3) is 33.0 Å². The number of halogens is 2. The Morgan fingerprint density at radius 3 is 2.03 bits per heavy atom. The molecule has 0 radical (unpaired) electrons. The van der Waals surface area contributed by atoms with Crippen LogP contribution in [0.2, 0.25) is 0 Å². The second-order valence-electron chi connectivity index (χ2n) is 8.24. The molecular formula is C26H25Cl2Zr-. The molecule has 0 bridgehead atoms. The second kappa shape index (κ2) is 9.69. The summed E-state index contributed by atoms with van der Waals surface area (Å²) in [6, 6.07) is 28.7. The van der Waals surface area contributed by atoms with Crippen LogP contribution in [0.5, 0.6) is 0 Å². The van der Waals surface area contributed by atoms with Crippen LogP contribution in [0.4, 0.5) is 0 Å². The Morgan fingerprint density at radius 1 is 0.793 bits per heavy atom. The Morgan fingerprint density at radius 2 is 1.41 bits per heavy atom. The molecule has 4 rings (SSSR count). The fourth-order valence-electron chi connectivity index (χ4n) is 3.72. The molecule has 0 nitrogen and oxygen atoms in total. The van der Waals surface area contributed by atoms with E-state index in [0.717, 1.165) is 0 Å². The molecule has 4 aromatic carbocycles. The Balaban J connectivity index is 0.000000755. The topological polar surface area (TPSA) is 0 Å². The molecule has 0 fully saturated rings. The minimum atomic E-state index is -0.826. The van der Waals surface area contributed by atoms with Gasteiger partial charge in [0.25, 0.3) is 0 Å². The van der Waals surface area contributed by atoms with E-state index in [1.54, 1.807) is 0 Å². The van der Waals surface area contributed by atoms with Crippen molar-refractivity contribution in [1.82, 2.24) is 0 Å². The molecule has 0 aliphatic heterocycles. The van der Waals surface area contributed by atoms with Gasteiger partial charge in [-0.2, -0.15) is 6.07 Å². The van der Waals surface area contributed by atoms with E-state index in [0.29, 0.717) is 0 Å². The number of aryl methyl sites for hydroxylation is 1. The Hall–Kier alpha value is -1.27. The van der Waals surface area contributed by atoms with Crippen molar-refractivity contribution in [3.05, 3.63) is 90.0 Å². The van der Waals surface area contributed by atoms with Gasteiger partial charge in [-0.05, 0) is 34.6 Å². The van der Waals surface area contributed by atoms with Crippen LogP contribution in [0, 0.1) is 6.92 Å². The van der Waals surface area contributed by atoms with Crippen LogP contribution in [-0.2, 0) is 26.3 Å². The first-order valence-electron chi connectivity index (χ1n) is 9.68. The third kappa shape index (κ3) is 5.08. The summed E-state index contributed by atoms with van der Waals surface area (Å²) >= 11 is -0.826. The van der Waals surface area contributed by atoms with Gasteiger partial charge in [-0.25, -0.2) is 0 Å². The van der Waals surface area contributed by atoms with E-state index in [1.165, 1.54) is 44.2 Å². The summed E-state index contributed by atoms with van der Waals surface area (Å²) in [6.45, 7) is 9.06. The van der Waals surface area contributed by atoms with Crippen molar-refractivity contribution in [3.8, 4) is 22.3 Å². The standard InChI is InChI=1S/C26H25.2ClH.Zr/c1-18-10-8-9-13-22(18)25-23(19-11-6-5-7-12-19)15-14-20-16-21(17-24(20)25)26(2,3)4;;;/h5-17H,1-4H3;2*1H;/q-1;;;+2/p-2. The first kappa shape index (κ1) is 22.4. The van der Waals surface area contributed by atoms with Crippen LogP contribution in [0.1, 0.15) is 31.9 Å². The predicted molar refractivity (Wildman–Crippen MR) is 126 cm³/mol. The molecule has 0 aliphatic rings. The van der Waals surface area contributed by atoms with Gasteiger partial charge in [0.1, 0.15) is 0 Å². The minimum absolute atomic E-state index is 0.148. The molecule has 0 unspecified atom stereocenters. The molecule has 4 aromatic rings. The van der Waals surface area contributed by atoms with Gasteiger partial charge in [0.15, 0.2) is 0 Å². The first-order valence-corrected chi connectivity index (χ1v) is 16.0. The third-order valence-electron chi connectivity index (χ3n) is 5.26. The zero-order valence-electron chi connectivity index (χ0n) is 17.3. The van der Waals surface area contributed by atoms with Gasteiger partial charge >= 0.3 is 37.9 Å². The van der Waals surface area contributed by atoms with Crippen LogP contribution in [-0.4, -0.2) is 0 Å². The van der Waals surface area contributed by atoms with Gasteiger partial charge in [0.2, 0.25) is 0 Å². The molecular weight excluding hydrogens is 474 g/mol. The fraction of sp³-hybridized carbons (Fsp3) is 0.192. The van der Waals surface area contributed by atoms with Crippen molar-refractivity contribution in [2.45, 2.75) is 33.1 Å². The zero-order valence-corrected chi connectivity index (χ0v) is 21.2. The first-order chi connectivity index (χ1) is 13.9. The zero-order chi connectivity index (χ0) is 21.0. The molecule has 0 saturated heterocycles. The van der Waals surface area contributed by atoms with Gasteiger partial charge in [-0.15, -0.1) is 28.5 Å². The summed E-state index contributed by atoms with van der Waals surface area (Å²) in [4.78, 5) is 0. The number of hydrogen-bond donors (Lipinski definition) is 0. The molecule has 0 amide bonds. The normalized spacial score (nSPS) is 11.1. The molecule has 0 spiro atoms. The maximum absolute atomic E-state index is 4.93. The second-order valence-corrected chi connectivity index (χ2v) is 12.0. The van der Waals surface area contributed by atoms with E-state index in [-0.39, 0.29) is 5.41 Å². The average Bonchev–Trinajstić information content (AvgIpc) is 3.14. The Kier molecular flexibility index (Phi) is 7.49. The van der Waals surface area contributed by atoms with Gasteiger partial charge in [-0.1, -0.05) is 87.0 Å². The van der Waals surface area contributed by atoms with Gasteiger partial charge < -0.3 is 0 Å². The number of fused-ring (bicyclic) bond motifs is 1. The fourth-order valence-corrected chi connectivity index (χ4v) is 3.72.